The number of nitrogens with one attached hydrogen (secondary N) is 1. The average molecular weight is 597 g/mol. The highest BCUT2D eigenvalue weighted by molar-refractivity contribution is 6.30. The predicted octanol–water partition coefficient (Wildman–Crippen LogP) is 4.85. The van der Waals surface area contributed by atoms with E-state index in [1.165, 1.54) is 11.0 Å². The maximum Gasteiger partial charge on any atom is 0.247 e. The van der Waals surface area contributed by atoms with Crippen LogP contribution < -0.4 is 5.32 Å². The van der Waals surface area contributed by atoms with Gasteiger partial charge in [0, 0.05) is 40.9 Å². The third-order valence-corrected chi connectivity index (χ3v) is 7.23. The van der Waals surface area contributed by atoms with E-state index in [0.717, 1.165) is 17.6 Å². The van der Waals surface area contributed by atoms with Crippen molar-refractivity contribution < 1.29 is 18.7 Å². The number of hydrogen-bond acceptors (Lipinski definition) is 6. The Morgan fingerprint density at radius 1 is 1.05 bits per heavy atom. The second-order valence-electron chi connectivity index (χ2n) is 9.60. The Balaban J connectivity index is 1.45. The van der Waals surface area contributed by atoms with Crippen LogP contribution in [0.25, 0.3) is 11.4 Å². The molecule has 1 aliphatic rings. The summed E-state index contributed by atoms with van der Waals surface area (Å²) in [7, 11) is 0. The lowest BCUT2D eigenvalue weighted by Gasteiger charge is -2.32. The number of amides is 2. The third-order valence-electron chi connectivity index (χ3n) is 6.72. The van der Waals surface area contributed by atoms with Crippen LogP contribution in [0.1, 0.15) is 30.0 Å². The normalized spacial score (nSPS) is 15.4. The standard InChI is InChI=1S/C29H27Cl2FN6O3/c30-22-11-7-19(8-12-22)27(29(40)33-16-24-5-3-15-41-24)37(17-21-4-1-2-6-25(21)32)26(39)18-38-35-28(34-36-38)20-9-13-23(31)14-10-20/h1-2,4,6-14,24,27H,3,5,15-18H2,(H,33,40). The van der Waals surface area contributed by atoms with Crippen LogP contribution >= 0.6 is 23.2 Å². The smallest absolute Gasteiger partial charge is 0.247 e. The second kappa shape index (κ2) is 13.2. The zero-order chi connectivity index (χ0) is 28.8. The summed E-state index contributed by atoms with van der Waals surface area (Å²) in [5.41, 5.74) is 1.43. The van der Waals surface area contributed by atoms with Gasteiger partial charge in [-0.25, -0.2) is 4.39 Å². The van der Waals surface area contributed by atoms with Crippen molar-refractivity contribution in [3.63, 3.8) is 0 Å². The fourth-order valence-corrected chi connectivity index (χ4v) is 4.86. The first kappa shape index (κ1) is 28.7. The van der Waals surface area contributed by atoms with E-state index in [1.807, 2.05) is 0 Å². The maximum absolute atomic E-state index is 14.8. The van der Waals surface area contributed by atoms with Crippen LogP contribution in [0.3, 0.4) is 0 Å². The molecule has 212 valence electrons. The quantitative estimate of drug-likeness (QED) is 0.281. The van der Waals surface area contributed by atoms with Gasteiger partial charge in [0.15, 0.2) is 0 Å². The van der Waals surface area contributed by atoms with Crippen molar-refractivity contribution in [3.8, 4) is 11.4 Å². The minimum atomic E-state index is -1.10. The van der Waals surface area contributed by atoms with E-state index in [9.17, 15) is 14.0 Å². The number of ether oxygens (including phenoxy) is 1. The number of carbonyl (C=O) groups excluding carboxylic acids is 2. The molecule has 0 spiro atoms. The number of tetrazole rings is 1. The lowest BCUT2D eigenvalue weighted by atomic mass is 10.0. The molecule has 5 rings (SSSR count). The highest BCUT2D eigenvalue weighted by atomic mass is 35.5. The minimum Gasteiger partial charge on any atom is -0.376 e. The molecule has 2 heterocycles. The SMILES string of the molecule is O=C(NCC1CCCO1)C(c1ccc(Cl)cc1)N(Cc1ccccc1F)C(=O)Cn1nnc(-c2ccc(Cl)cc2)n1. The van der Waals surface area contributed by atoms with Crippen LogP contribution in [0.4, 0.5) is 4.39 Å². The topological polar surface area (TPSA) is 102 Å². The Morgan fingerprint density at radius 2 is 1.76 bits per heavy atom. The molecule has 1 aliphatic heterocycles. The number of hydrogen-bond donors (Lipinski definition) is 1. The molecule has 3 aromatic carbocycles. The van der Waals surface area contributed by atoms with Gasteiger partial charge in [-0.15, -0.1) is 10.2 Å². The van der Waals surface area contributed by atoms with Gasteiger partial charge in [-0.3, -0.25) is 9.59 Å². The van der Waals surface area contributed by atoms with Gasteiger partial charge in [-0.1, -0.05) is 53.5 Å². The first-order chi connectivity index (χ1) is 19.9. The Kier molecular flexibility index (Phi) is 9.23. The average Bonchev–Trinajstić information content (AvgIpc) is 3.66. The van der Waals surface area contributed by atoms with Crippen LogP contribution in [0.15, 0.2) is 72.8 Å². The zero-order valence-electron chi connectivity index (χ0n) is 21.9. The van der Waals surface area contributed by atoms with Crippen molar-refractivity contribution in [3.05, 3.63) is 99.8 Å². The van der Waals surface area contributed by atoms with Crippen molar-refractivity contribution >= 4 is 35.0 Å². The Bertz CT molecular complexity index is 1490. The Labute approximate surface area is 246 Å². The minimum absolute atomic E-state index is 0.105. The van der Waals surface area contributed by atoms with E-state index in [0.29, 0.717) is 40.1 Å². The molecule has 2 atom stereocenters. The van der Waals surface area contributed by atoms with Crippen LogP contribution in [0, 0.1) is 5.82 Å². The Hall–Kier alpha value is -3.86. The van der Waals surface area contributed by atoms with Gasteiger partial charge in [-0.2, -0.15) is 4.80 Å². The van der Waals surface area contributed by atoms with Crippen molar-refractivity contribution in [2.75, 3.05) is 13.2 Å². The van der Waals surface area contributed by atoms with Crippen molar-refractivity contribution in [2.45, 2.75) is 38.1 Å². The van der Waals surface area contributed by atoms with Crippen LogP contribution in [0.5, 0.6) is 0 Å². The first-order valence-electron chi connectivity index (χ1n) is 13.1. The summed E-state index contributed by atoms with van der Waals surface area (Å²) >= 11 is 12.1. The van der Waals surface area contributed by atoms with E-state index in [4.69, 9.17) is 27.9 Å². The summed E-state index contributed by atoms with van der Waals surface area (Å²) in [4.78, 5) is 30.1. The number of rotatable bonds is 10. The third kappa shape index (κ3) is 7.27. The summed E-state index contributed by atoms with van der Waals surface area (Å²) in [5, 5.41) is 16.4. The lowest BCUT2D eigenvalue weighted by molar-refractivity contribution is -0.142. The number of benzene rings is 3. The van der Waals surface area contributed by atoms with E-state index in [1.54, 1.807) is 66.7 Å². The summed E-state index contributed by atoms with van der Waals surface area (Å²) in [6.07, 6.45) is 1.64. The monoisotopic (exact) mass is 596 g/mol. The zero-order valence-corrected chi connectivity index (χ0v) is 23.4. The number of aromatic nitrogens is 4. The lowest BCUT2D eigenvalue weighted by Crippen LogP contribution is -2.46. The molecule has 2 unspecified atom stereocenters. The fraction of sp³-hybridized carbons (Fsp3) is 0.276. The number of carbonyl (C=O) groups is 2. The van der Waals surface area contributed by atoms with Crippen LogP contribution in [-0.2, 0) is 27.4 Å². The molecule has 1 N–H and O–H groups in total. The molecule has 1 saturated heterocycles. The van der Waals surface area contributed by atoms with E-state index >= 15 is 0 Å². The van der Waals surface area contributed by atoms with Gasteiger partial charge in [0.05, 0.1) is 6.10 Å². The van der Waals surface area contributed by atoms with Gasteiger partial charge in [-0.05, 0) is 66.1 Å². The second-order valence-corrected chi connectivity index (χ2v) is 10.5. The molecule has 0 saturated carbocycles. The molecular formula is C29H27Cl2FN6O3. The highest BCUT2D eigenvalue weighted by Crippen LogP contribution is 2.27. The molecular weight excluding hydrogens is 570 g/mol. The van der Waals surface area contributed by atoms with E-state index in [-0.39, 0.29) is 24.8 Å². The molecule has 0 bridgehead atoms. The molecule has 1 aromatic heterocycles. The summed E-state index contributed by atoms with van der Waals surface area (Å²) < 4.78 is 20.5. The largest absolute Gasteiger partial charge is 0.376 e. The predicted molar refractivity (Wildman–Crippen MR) is 151 cm³/mol. The molecule has 4 aromatic rings. The van der Waals surface area contributed by atoms with Crippen LogP contribution in [0.2, 0.25) is 10.0 Å². The molecule has 9 nitrogen and oxygen atoms in total. The van der Waals surface area contributed by atoms with Crippen molar-refractivity contribution in [2.24, 2.45) is 0 Å². The van der Waals surface area contributed by atoms with Gasteiger partial charge in [0.1, 0.15) is 18.4 Å². The molecule has 2 amide bonds. The van der Waals surface area contributed by atoms with Gasteiger partial charge >= 0.3 is 0 Å². The van der Waals surface area contributed by atoms with Crippen molar-refractivity contribution in [1.29, 1.82) is 0 Å². The number of nitrogens with zero attached hydrogens (tertiary/aromatic N) is 5. The van der Waals surface area contributed by atoms with E-state index in [2.05, 4.69) is 20.7 Å². The molecule has 0 aliphatic carbocycles. The molecule has 41 heavy (non-hydrogen) atoms. The van der Waals surface area contributed by atoms with Gasteiger partial charge in [0.2, 0.25) is 17.6 Å². The van der Waals surface area contributed by atoms with Gasteiger partial charge in [0.25, 0.3) is 0 Å². The fourth-order valence-electron chi connectivity index (χ4n) is 4.60. The maximum atomic E-state index is 14.8. The molecule has 12 heteroatoms. The number of halogens is 3. The molecule has 1 fully saturated rings. The highest BCUT2D eigenvalue weighted by Gasteiger charge is 2.33. The van der Waals surface area contributed by atoms with Crippen molar-refractivity contribution in [1.82, 2.24) is 30.4 Å². The van der Waals surface area contributed by atoms with E-state index < -0.39 is 23.7 Å². The Morgan fingerprint density at radius 3 is 2.44 bits per heavy atom. The summed E-state index contributed by atoms with van der Waals surface area (Å²) in [6, 6.07) is 18.5. The van der Waals surface area contributed by atoms with Gasteiger partial charge < -0.3 is 15.0 Å². The molecule has 0 radical (unpaired) electrons. The van der Waals surface area contributed by atoms with Crippen LogP contribution in [-0.4, -0.2) is 56.2 Å². The summed E-state index contributed by atoms with van der Waals surface area (Å²) in [5.74, 6) is -1.14. The summed E-state index contributed by atoms with van der Waals surface area (Å²) in [6.45, 7) is 0.421. The first-order valence-corrected chi connectivity index (χ1v) is 13.8.